The second kappa shape index (κ2) is 3.70. The number of ether oxygens (including phenoxy) is 3. The van der Waals surface area contributed by atoms with Crippen molar-refractivity contribution in [3.8, 4) is 0 Å². The van der Waals surface area contributed by atoms with Crippen molar-refractivity contribution in [2.75, 3.05) is 0 Å². The summed E-state index contributed by atoms with van der Waals surface area (Å²) < 4.78 is 15.5. The molecule has 4 aliphatic rings. The van der Waals surface area contributed by atoms with Crippen LogP contribution in [-0.2, 0) is 28.6 Å². The molecule has 8 heteroatoms. The van der Waals surface area contributed by atoms with Gasteiger partial charge in [-0.2, -0.15) is 0 Å². The third-order valence-electron chi connectivity index (χ3n) is 6.22. The maximum absolute atomic E-state index is 12.6. The molecule has 4 rings (SSSR count). The summed E-state index contributed by atoms with van der Waals surface area (Å²) >= 11 is 0. The third-order valence-corrected chi connectivity index (χ3v) is 6.22. The first kappa shape index (κ1) is 14.9. The zero-order valence-corrected chi connectivity index (χ0v) is 13.0. The number of rotatable bonds is 0. The first-order valence-corrected chi connectivity index (χ1v) is 7.54. The van der Waals surface area contributed by atoms with Gasteiger partial charge in [0, 0.05) is 6.42 Å². The van der Waals surface area contributed by atoms with Crippen molar-refractivity contribution < 1.29 is 38.8 Å². The predicted octanol–water partition coefficient (Wildman–Crippen LogP) is -0.744. The Kier molecular flexibility index (Phi) is 2.39. The van der Waals surface area contributed by atoms with E-state index in [9.17, 15) is 24.6 Å². The monoisotopic (exact) mass is 326 g/mol. The highest BCUT2D eigenvalue weighted by molar-refractivity contribution is 5.94. The molecule has 8 nitrogen and oxygen atoms in total. The van der Waals surface area contributed by atoms with Gasteiger partial charge in [0.1, 0.15) is 16.9 Å². The van der Waals surface area contributed by atoms with Crippen molar-refractivity contribution in [3.63, 3.8) is 0 Å². The Hall–Kier alpha value is -1.67. The maximum atomic E-state index is 12.6. The SMILES string of the molecule is CC(C)(C)[C@]1(O)C[C@@H]2OC(=O)CC23C(=O)OC2OC(=O)[C@H](O)C231. The van der Waals surface area contributed by atoms with E-state index >= 15 is 0 Å². The summed E-state index contributed by atoms with van der Waals surface area (Å²) in [6.45, 7) is 5.19. The Balaban J connectivity index is 2.05. The average molecular weight is 326 g/mol. The van der Waals surface area contributed by atoms with Gasteiger partial charge in [-0.15, -0.1) is 0 Å². The van der Waals surface area contributed by atoms with E-state index in [4.69, 9.17) is 14.2 Å². The van der Waals surface area contributed by atoms with Gasteiger partial charge in [0.25, 0.3) is 6.29 Å². The van der Waals surface area contributed by atoms with E-state index < -0.39 is 58.3 Å². The molecule has 0 amide bonds. The van der Waals surface area contributed by atoms with Crippen LogP contribution in [0, 0.1) is 16.2 Å². The lowest BCUT2D eigenvalue weighted by atomic mass is 9.52. The van der Waals surface area contributed by atoms with Crippen molar-refractivity contribution >= 4 is 17.9 Å². The summed E-state index contributed by atoms with van der Waals surface area (Å²) in [7, 11) is 0. The summed E-state index contributed by atoms with van der Waals surface area (Å²) in [5.74, 6) is -2.36. The fourth-order valence-electron chi connectivity index (χ4n) is 5.15. The van der Waals surface area contributed by atoms with E-state index in [1.807, 2.05) is 0 Å². The molecule has 0 aromatic rings. The molecule has 0 aromatic heterocycles. The van der Waals surface area contributed by atoms with Gasteiger partial charge >= 0.3 is 17.9 Å². The second-order valence-electron chi connectivity index (χ2n) is 7.89. The standard InChI is InChI=1S/C15H18O8/c1-12(2,3)14(20)4-6-13(5-7(16)21-6)10(19)23-11-15(13,14)8(17)9(18)22-11/h6,8,11,17,20H,4-5H2,1-3H3/t6-,8-,11?,13?,14+,15?/m0/s1. The first-order chi connectivity index (χ1) is 10.5. The highest BCUT2D eigenvalue weighted by Crippen LogP contribution is 2.75. The zero-order chi connectivity index (χ0) is 17.0. The van der Waals surface area contributed by atoms with Crippen LogP contribution in [0.15, 0.2) is 0 Å². The smallest absolute Gasteiger partial charge is 0.339 e. The number of aliphatic hydroxyl groups is 2. The molecule has 3 aliphatic heterocycles. The van der Waals surface area contributed by atoms with E-state index in [-0.39, 0.29) is 12.8 Å². The van der Waals surface area contributed by atoms with Crippen LogP contribution in [-0.4, -0.2) is 52.2 Å². The molecule has 4 fully saturated rings. The summed E-state index contributed by atoms with van der Waals surface area (Å²) in [6.07, 6.45) is -4.58. The van der Waals surface area contributed by atoms with Crippen LogP contribution < -0.4 is 0 Å². The Bertz CT molecular complexity index is 650. The van der Waals surface area contributed by atoms with Crippen LogP contribution in [0.3, 0.4) is 0 Å². The summed E-state index contributed by atoms with van der Waals surface area (Å²) in [6, 6.07) is 0. The molecular formula is C15H18O8. The molecule has 0 aromatic carbocycles. The lowest BCUT2D eigenvalue weighted by molar-refractivity contribution is -0.224. The Morgan fingerprint density at radius 1 is 1.13 bits per heavy atom. The maximum Gasteiger partial charge on any atom is 0.339 e. The van der Waals surface area contributed by atoms with Gasteiger partial charge in [0.15, 0.2) is 6.10 Å². The fourth-order valence-corrected chi connectivity index (χ4v) is 5.15. The van der Waals surface area contributed by atoms with Crippen molar-refractivity contribution in [2.45, 2.75) is 57.7 Å². The van der Waals surface area contributed by atoms with E-state index in [0.29, 0.717) is 0 Å². The fraction of sp³-hybridized carbons (Fsp3) is 0.800. The first-order valence-electron chi connectivity index (χ1n) is 7.54. The molecule has 23 heavy (non-hydrogen) atoms. The van der Waals surface area contributed by atoms with Crippen LogP contribution >= 0.6 is 0 Å². The minimum absolute atomic E-state index is 0.0679. The minimum Gasteiger partial charge on any atom is -0.461 e. The number of aliphatic hydroxyl groups excluding tert-OH is 1. The summed E-state index contributed by atoms with van der Waals surface area (Å²) in [5, 5.41) is 22.2. The van der Waals surface area contributed by atoms with E-state index in [1.165, 1.54) is 0 Å². The van der Waals surface area contributed by atoms with Gasteiger partial charge in [0.05, 0.1) is 12.0 Å². The predicted molar refractivity (Wildman–Crippen MR) is 70.4 cm³/mol. The van der Waals surface area contributed by atoms with Crippen molar-refractivity contribution in [2.24, 2.45) is 16.2 Å². The number of hydrogen-bond donors (Lipinski definition) is 2. The van der Waals surface area contributed by atoms with E-state index in [1.54, 1.807) is 20.8 Å². The second-order valence-corrected chi connectivity index (χ2v) is 7.89. The highest BCUT2D eigenvalue weighted by Gasteiger charge is 2.92. The van der Waals surface area contributed by atoms with Gasteiger partial charge < -0.3 is 24.4 Å². The number of carbonyl (C=O) groups is 3. The van der Waals surface area contributed by atoms with Crippen LogP contribution in [0.5, 0.6) is 0 Å². The Labute approximate surface area is 131 Å². The lowest BCUT2D eigenvalue weighted by Gasteiger charge is -2.49. The van der Waals surface area contributed by atoms with Gasteiger partial charge in [0.2, 0.25) is 0 Å². The van der Waals surface area contributed by atoms with Gasteiger partial charge in [-0.3, -0.25) is 9.59 Å². The average Bonchev–Trinajstić information content (AvgIpc) is 3.00. The Morgan fingerprint density at radius 3 is 2.39 bits per heavy atom. The van der Waals surface area contributed by atoms with Crippen LogP contribution in [0.25, 0.3) is 0 Å². The van der Waals surface area contributed by atoms with Gasteiger partial charge in [-0.25, -0.2) is 4.79 Å². The lowest BCUT2D eigenvalue weighted by Crippen LogP contribution is -2.65. The van der Waals surface area contributed by atoms with Crippen LogP contribution in [0.1, 0.15) is 33.6 Å². The zero-order valence-electron chi connectivity index (χ0n) is 13.0. The molecule has 6 atom stereocenters. The normalized spacial score (nSPS) is 51.0. The number of esters is 3. The molecule has 2 spiro atoms. The summed E-state index contributed by atoms with van der Waals surface area (Å²) in [5.41, 5.74) is -5.91. The van der Waals surface area contributed by atoms with Crippen molar-refractivity contribution in [3.05, 3.63) is 0 Å². The Morgan fingerprint density at radius 2 is 1.78 bits per heavy atom. The highest BCUT2D eigenvalue weighted by atomic mass is 16.7. The van der Waals surface area contributed by atoms with Crippen LogP contribution in [0.4, 0.5) is 0 Å². The van der Waals surface area contributed by atoms with Crippen molar-refractivity contribution in [1.82, 2.24) is 0 Å². The van der Waals surface area contributed by atoms with Crippen molar-refractivity contribution in [1.29, 1.82) is 0 Å². The molecule has 0 radical (unpaired) electrons. The topological polar surface area (TPSA) is 119 Å². The molecule has 3 unspecified atom stereocenters. The minimum atomic E-state index is -1.78. The molecule has 126 valence electrons. The molecule has 1 aliphatic carbocycles. The molecule has 3 saturated heterocycles. The molecule has 1 saturated carbocycles. The van der Waals surface area contributed by atoms with Gasteiger partial charge in [-0.1, -0.05) is 20.8 Å². The quantitative estimate of drug-likeness (QED) is 0.558. The van der Waals surface area contributed by atoms with Crippen LogP contribution in [0.2, 0.25) is 0 Å². The summed E-state index contributed by atoms with van der Waals surface area (Å²) in [4.78, 5) is 36.5. The van der Waals surface area contributed by atoms with E-state index in [2.05, 4.69) is 0 Å². The van der Waals surface area contributed by atoms with Gasteiger partial charge in [-0.05, 0) is 5.41 Å². The largest absolute Gasteiger partial charge is 0.461 e. The van der Waals surface area contributed by atoms with E-state index in [0.717, 1.165) is 0 Å². The molecule has 3 heterocycles. The molecular weight excluding hydrogens is 308 g/mol. The third kappa shape index (κ3) is 1.20. The molecule has 2 N–H and O–H groups in total. The number of hydrogen-bond acceptors (Lipinski definition) is 8. The molecule has 0 bridgehead atoms. The number of carbonyl (C=O) groups excluding carboxylic acids is 3.